The minimum Gasteiger partial charge on any atom is -0.504 e. The molecule has 0 amide bonds. The molecule has 1 saturated heterocycles. The second-order valence-electron chi connectivity index (χ2n) is 22.5. The van der Waals surface area contributed by atoms with Crippen molar-refractivity contribution in [3.8, 4) is 159 Å². The summed E-state index contributed by atoms with van der Waals surface area (Å²) in [7, 11) is 0. The molecular weight excluding hydrogens is 1350 g/mol. The standard InChI is InChI=1S/C62H32O38/c63-10-1-6-15(35(71)31(10)67)19-27-23-24-28(59(88)96-48(23)43(79)39(19)75)20(40(76)44(80)49(24)95-58(27)87)16-7(2-11(64)32(68)36(16)72)55(84)94-47-14(5-92-54(6)83)93-62(91)53-52(47)99-56(85)8-3-12(65)33(69)37(73)17(8)21-29-25-26-30(61(90)98-50(25)45(81)41(21)77)22(42(78)46(82)51(26)97-60(29)89)18-9(57(86)100-53)4-13(66)34(70)38(18)74/h1-4,14,47,52-53,62-82,91H,5H2. The summed E-state index contributed by atoms with van der Waals surface area (Å²) in [4.78, 5) is 119. The van der Waals surface area contributed by atoms with Crippen LogP contribution in [-0.4, -0.2) is 168 Å². The third-order valence-electron chi connectivity index (χ3n) is 17.3. The van der Waals surface area contributed by atoms with Crippen molar-refractivity contribution in [3.63, 3.8) is 0 Å². The zero-order valence-corrected chi connectivity index (χ0v) is 48.2. The third kappa shape index (κ3) is 7.75. The average molecular weight is 1380 g/mol. The van der Waals surface area contributed by atoms with Gasteiger partial charge in [-0.05, 0) is 24.3 Å². The molecule has 100 heavy (non-hydrogen) atoms. The van der Waals surface area contributed by atoms with Crippen molar-refractivity contribution in [2.75, 3.05) is 6.61 Å². The Balaban J connectivity index is 1.05. The van der Waals surface area contributed by atoms with Gasteiger partial charge < -0.3 is 149 Å². The van der Waals surface area contributed by atoms with Gasteiger partial charge in [0.2, 0.25) is 46.0 Å². The SMILES string of the molecule is O=C1OCC2OC(O)C3OC(=O)c4cc(O)c(O)c(O)c4-c4c(O)c(O)c5oc(=O)c6c(c(O)c(O)c7oc(=O)c4c5c76)-c4c(cc(O)c(O)c4O)C(=O)OC3C2OC(=O)c2cc(O)c(O)c(O)c2-c2c(O)c(O)c3oc(=O)c4c(c(O)c(O)c5oc(=O)c2c3c54)-c2c1cc(O)c(O)c2O. The van der Waals surface area contributed by atoms with E-state index >= 15 is 14.4 Å². The van der Waals surface area contributed by atoms with Crippen LogP contribution in [0.25, 0.3) is 110 Å². The molecule has 38 heteroatoms. The summed E-state index contributed by atoms with van der Waals surface area (Å²) < 4.78 is 50.1. The van der Waals surface area contributed by atoms with Crippen LogP contribution in [0.5, 0.6) is 115 Å². The van der Waals surface area contributed by atoms with Crippen LogP contribution < -0.4 is 22.5 Å². The molecule has 7 heterocycles. The average Bonchev–Trinajstić information content (AvgIpc) is 0.716. The number of benzene rings is 8. The van der Waals surface area contributed by atoms with Crippen LogP contribution >= 0.6 is 0 Å². The number of esters is 4. The summed E-state index contributed by atoms with van der Waals surface area (Å²) in [6.45, 7) is -1.70. The van der Waals surface area contributed by atoms with Crippen molar-refractivity contribution in [2.24, 2.45) is 0 Å². The van der Waals surface area contributed by atoms with Crippen LogP contribution in [0.1, 0.15) is 41.4 Å². The van der Waals surface area contributed by atoms with Gasteiger partial charge in [0.1, 0.15) is 12.7 Å². The van der Waals surface area contributed by atoms with E-state index in [1.54, 1.807) is 0 Å². The van der Waals surface area contributed by atoms with Crippen LogP contribution in [0.2, 0.25) is 0 Å². The van der Waals surface area contributed by atoms with Crippen molar-refractivity contribution >= 4 is 89.3 Å². The Labute approximate surface area is 540 Å². The quantitative estimate of drug-likeness (QED) is 0.0340. The Hall–Kier alpha value is -14.6. The van der Waals surface area contributed by atoms with Gasteiger partial charge in [0.05, 0.1) is 43.8 Å². The van der Waals surface area contributed by atoms with Crippen LogP contribution in [-0.2, 0) is 23.7 Å². The minimum atomic E-state index is -3.12. The number of aliphatic hydroxyl groups is 1. The lowest BCUT2D eigenvalue weighted by Crippen LogP contribution is -2.62. The monoisotopic (exact) mass is 1380 g/mol. The first-order chi connectivity index (χ1) is 47.2. The van der Waals surface area contributed by atoms with Crippen LogP contribution in [0.3, 0.4) is 0 Å². The zero-order valence-electron chi connectivity index (χ0n) is 48.2. The first-order valence-corrected chi connectivity index (χ1v) is 27.8. The molecule has 5 atom stereocenters. The van der Waals surface area contributed by atoms with Gasteiger partial charge in [0.15, 0.2) is 116 Å². The van der Waals surface area contributed by atoms with E-state index in [-0.39, 0.29) is 24.3 Å². The fourth-order valence-corrected chi connectivity index (χ4v) is 13.0. The Kier molecular flexibility index (Phi) is 12.5. The maximum absolute atomic E-state index is 15.6. The highest BCUT2D eigenvalue weighted by Crippen LogP contribution is 2.61. The first-order valence-electron chi connectivity index (χ1n) is 27.8. The molecule has 0 radical (unpaired) electrons. The molecule has 15 rings (SSSR count). The Morgan fingerprint density at radius 1 is 0.270 bits per heavy atom. The van der Waals surface area contributed by atoms with E-state index in [1.165, 1.54) is 0 Å². The molecule has 3 aliphatic rings. The lowest BCUT2D eigenvalue weighted by molar-refractivity contribution is -0.284. The topological polar surface area (TPSA) is 660 Å². The van der Waals surface area contributed by atoms with Gasteiger partial charge in [0.25, 0.3) is 0 Å². The molecule has 1 fully saturated rings. The summed E-state index contributed by atoms with van der Waals surface area (Å²) in [6.07, 6.45) is -15.0. The molecule has 4 aromatic heterocycles. The number of aliphatic hydroxyl groups excluding tert-OH is 1. The molecule has 12 bridgehead atoms. The molecule has 12 aromatic rings. The summed E-state index contributed by atoms with van der Waals surface area (Å²) in [5.74, 6) is -41.5. The number of phenolic OH excluding ortho intramolecular Hbond substituents is 20. The van der Waals surface area contributed by atoms with Crippen LogP contribution in [0.4, 0.5) is 0 Å². The van der Waals surface area contributed by atoms with Gasteiger partial charge in [-0.1, -0.05) is 0 Å². The summed E-state index contributed by atoms with van der Waals surface area (Å²) in [5, 5.41) is 234. The summed E-state index contributed by atoms with van der Waals surface area (Å²) in [5.41, 5.74) is -29.3. The van der Waals surface area contributed by atoms with Gasteiger partial charge in [-0.25, -0.2) is 38.4 Å². The number of aromatic hydroxyl groups is 20. The highest BCUT2D eigenvalue weighted by atomic mass is 16.7. The van der Waals surface area contributed by atoms with Crippen molar-refractivity contribution in [1.82, 2.24) is 0 Å². The third-order valence-corrected chi connectivity index (χ3v) is 17.3. The zero-order chi connectivity index (χ0) is 71.8. The molecule has 0 saturated carbocycles. The normalized spacial score (nSPS) is 17.8. The molecule has 5 unspecified atom stereocenters. The number of cyclic esters (lactones) is 1. The minimum absolute atomic E-state index is 0.177. The van der Waals surface area contributed by atoms with Crippen molar-refractivity contribution in [3.05, 3.63) is 88.2 Å². The van der Waals surface area contributed by atoms with E-state index in [4.69, 9.17) is 41.4 Å². The number of hydrogen-bond acceptors (Lipinski definition) is 38. The Bertz CT molecular complexity index is 6170. The lowest BCUT2D eigenvalue weighted by atomic mass is 9.87. The summed E-state index contributed by atoms with van der Waals surface area (Å²) in [6, 6.07) is 0.823. The van der Waals surface area contributed by atoms with Gasteiger partial charge >= 0.3 is 46.4 Å². The fourth-order valence-electron chi connectivity index (χ4n) is 13.0. The van der Waals surface area contributed by atoms with Crippen LogP contribution in [0.15, 0.2) is 61.1 Å². The largest absolute Gasteiger partial charge is 0.504 e. The smallest absolute Gasteiger partial charge is 0.345 e. The van der Waals surface area contributed by atoms with Crippen LogP contribution in [0, 0.1) is 0 Å². The van der Waals surface area contributed by atoms with Crippen molar-refractivity contribution in [2.45, 2.75) is 30.7 Å². The molecule has 0 spiro atoms. The maximum Gasteiger partial charge on any atom is 0.345 e. The van der Waals surface area contributed by atoms with Gasteiger partial charge in [-0.2, -0.15) is 0 Å². The highest BCUT2D eigenvalue weighted by molar-refractivity contribution is 6.31. The summed E-state index contributed by atoms with van der Waals surface area (Å²) >= 11 is 0. The van der Waals surface area contributed by atoms with Gasteiger partial charge in [0, 0.05) is 66.1 Å². The van der Waals surface area contributed by atoms with Gasteiger partial charge in [-0.15, -0.1) is 0 Å². The maximum atomic E-state index is 15.6. The first kappa shape index (κ1) is 61.6. The second-order valence-corrected chi connectivity index (χ2v) is 22.5. The number of carbonyl (C=O) groups excluding carboxylic acids is 4. The number of rotatable bonds is 0. The molecule has 508 valence electrons. The molecule has 38 nitrogen and oxygen atoms in total. The fraction of sp³-hybridized carbons (Fsp3) is 0.0968. The molecule has 0 aliphatic carbocycles. The van der Waals surface area contributed by atoms with E-state index in [0.717, 1.165) is 0 Å². The number of carbonyl (C=O) groups is 4. The van der Waals surface area contributed by atoms with Gasteiger partial charge in [-0.3, -0.25) is 0 Å². The van der Waals surface area contributed by atoms with E-state index in [2.05, 4.69) is 0 Å². The van der Waals surface area contributed by atoms with E-state index in [9.17, 15) is 131 Å². The molecule has 21 N–H and O–H groups in total. The predicted molar refractivity (Wildman–Crippen MR) is 318 cm³/mol. The number of fused-ring (bicyclic) bond motifs is 11. The van der Waals surface area contributed by atoms with E-state index in [0.29, 0.717) is 0 Å². The highest BCUT2D eigenvalue weighted by Gasteiger charge is 2.54. The Morgan fingerprint density at radius 3 is 0.790 bits per heavy atom. The Morgan fingerprint density at radius 2 is 0.510 bits per heavy atom. The van der Waals surface area contributed by atoms with E-state index in [1.807, 2.05) is 0 Å². The number of phenols is 20. The molecule has 8 aromatic carbocycles. The number of hydrogen-bond donors (Lipinski definition) is 21. The second kappa shape index (κ2) is 20.2. The molecule has 3 aliphatic heterocycles. The van der Waals surface area contributed by atoms with Crippen molar-refractivity contribution in [1.29, 1.82) is 0 Å². The number of ether oxygens (including phenoxy) is 5. The predicted octanol–water partition coefficient (Wildman–Crippen LogP) is 3.25. The lowest BCUT2D eigenvalue weighted by Gasteiger charge is -2.43. The molecular formula is C62H32O38. The van der Waals surface area contributed by atoms with Crippen molar-refractivity contribution < 1.29 is 168 Å². The van der Waals surface area contributed by atoms with E-state index < -0.39 is 331 Å².